The summed E-state index contributed by atoms with van der Waals surface area (Å²) < 4.78 is 0. The van der Waals surface area contributed by atoms with E-state index in [1.165, 1.54) is 0 Å². The highest BCUT2D eigenvalue weighted by molar-refractivity contribution is 7.99. The Kier molecular flexibility index (Phi) is 6.53. The van der Waals surface area contributed by atoms with E-state index in [4.69, 9.17) is 23.2 Å². The Morgan fingerprint density at radius 3 is 2.65 bits per heavy atom. The summed E-state index contributed by atoms with van der Waals surface area (Å²) >= 11 is 13.9. The highest BCUT2D eigenvalue weighted by Crippen LogP contribution is 2.22. The van der Waals surface area contributed by atoms with E-state index in [0.717, 1.165) is 54.4 Å². The van der Waals surface area contributed by atoms with Gasteiger partial charge >= 0.3 is 0 Å². The Morgan fingerprint density at radius 2 is 1.95 bits per heavy atom. The molecular weight excluding hydrogens is 313 g/mol. The molecule has 0 N–H and O–H groups in total. The third-order valence-corrected chi connectivity index (χ3v) is 5.00. The zero-order chi connectivity index (χ0) is 14.4. The maximum atomic E-state index is 12.0. The number of carbonyl (C=O) groups excluding carboxylic acids is 1. The zero-order valence-corrected chi connectivity index (χ0v) is 13.7. The second kappa shape index (κ2) is 8.16. The lowest BCUT2D eigenvalue weighted by Gasteiger charge is -2.26. The van der Waals surface area contributed by atoms with Gasteiger partial charge in [0, 0.05) is 41.1 Å². The van der Waals surface area contributed by atoms with Gasteiger partial charge in [0.1, 0.15) is 0 Å². The molecule has 1 aliphatic heterocycles. The highest BCUT2D eigenvalue weighted by atomic mass is 35.5. The smallest absolute Gasteiger partial charge is 0.222 e. The van der Waals surface area contributed by atoms with Crippen LogP contribution in [0.2, 0.25) is 10.0 Å². The SMILES string of the molecule is O=C(CCCCc1ccc(Cl)cc1Cl)N1CCSCC1. The molecule has 1 amide bonds. The first-order valence-corrected chi connectivity index (χ1v) is 8.87. The summed E-state index contributed by atoms with van der Waals surface area (Å²) in [5, 5.41) is 1.38. The van der Waals surface area contributed by atoms with Crippen LogP contribution in [0, 0.1) is 0 Å². The molecule has 0 atom stereocenters. The van der Waals surface area contributed by atoms with Crippen LogP contribution < -0.4 is 0 Å². The summed E-state index contributed by atoms with van der Waals surface area (Å²) in [7, 11) is 0. The normalized spacial score (nSPS) is 15.4. The Bertz CT molecular complexity index is 461. The third kappa shape index (κ3) is 4.87. The molecule has 1 aromatic carbocycles. The molecule has 1 heterocycles. The lowest BCUT2D eigenvalue weighted by atomic mass is 10.1. The van der Waals surface area contributed by atoms with Crippen LogP contribution in [0.3, 0.4) is 0 Å². The van der Waals surface area contributed by atoms with Crippen molar-refractivity contribution in [3.8, 4) is 0 Å². The third-order valence-electron chi connectivity index (χ3n) is 3.47. The first-order chi connectivity index (χ1) is 9.66. The Morgan fingerprint density at radius 1 is 1.20 bits per heavy atom. The first-order valence-electron chi connectivity index (χ1n) is 6.96. The monoisotopic (exact) mass is 331 g/mol. The van der Waals surface area contributed by atoms with Crippen molar-refractivity contribution in [2.24, 2.45) is 0 Å². The number of aryl methyl sites for hydroxylation is 1. The van der Waals surface area contributed by atoms with Gasteiger partial charge in [-0.2, -0.15) is 11.8 Å². The van der Waals surface area contributed by atoms with Gasteiger partial charge in [0.05, 0.1) is 0 Å². The molecule has 0 aromatic heterocycles. The summed E-state index contributed by atoms with van der Waals surface area (Å²) in [6.07, 6.45) is 3.45. The number of hydrogen-bond acceptors (Lipinski definition) is 2. The van der Waals surface area contributed by atoms with Gasteiger partial charge in [-0.25, -0.2) is 0 Å². The minimum absolute atomic E-state index is 0.299. The Balaban J connectivity index is 1.69. The number of benzene rings is 1. The van der Waals surface area contributed by atoms with Gasteiger partial charge in [-0.15, -0.1) is 0 Å². The van der Waals surface area contributed by atoms with Crippen LogP contribution in [-0.4, -0.2) is 35.4 Å². The van der Waals surface area contributed by atoms with Gasteiger partial charge in [0.25, 0.3) is 0 Å². The standard InChI is InChI=1S/C15H19Cl2NOS/c16-13-6-5-12(14(17)11-13)3-1-2-4-15(19)18-7-9-20-10-8-18/h5-6,11H,1-4,7-10H2. The van der Waals surface area contributed by atoms with Gasteiger partial charge in [-0.3, -0.25) is 4.79 Å². The van der Waals surface area contributed by atoms with Crippen molar-refractivity contribution in [1.82, 2.24) is 4.90 Å². The fourth-order valence-electron chi connectivity index (χ4n) is 2.29. The number of rotatable bonds is 5. The molecule has 5 heteroatoms. The average molecular weight is 332 g/mol. The van der Waals surface area contributed by atoms with Crippen LogP contribution in [0.15, 0.2) is 18.2 Å². The van der Waals surface area contributed by atoms with E-state index in [-0.39, 0.29) is 0 Å². The van der Waals surface area contributed by atoms with Crippen LogP contribution in [0.5, 0.6) is 0 Å². The lowest BCUT2D eigenvalue weighted by Crippen LogP contribution is -2.37. The number of carbonyl (C=O) groups is 1. The van der Waals surface area contributed by atoms with Crippen LogP contribution >= 0.6 is 35.0 Å². The molecule has 1 aliphatic rings. The van der Waals surface area contributed by atoms with E-state index >= 15 is 0 Å². The van der Waals surface area contributed by atoms with Crippen molar-refractivity contribution in [2.75, 3.05) is 24.6 Å². The van der Waals surface area contributed by atoms with Gasteiger partial charge in [-0.1, -0.05) is 29.3 Å². The molecular formula is C15H19Cl2NOS. The minimum atomic E-state index is 0.299. The van der Waals surface area contributed by atoms with Crippen molar-refractivity contribution >= 4 is 40.9 Å². The van der Waals surface area contributed by atoms with Crippen molar-refractivity contribution in [2.45, 2.75) is 25.7 Å². The largest absolute Gasteiger partial charge is 0.341 e. The number of hydrogen-bond donors (Lipinski definition) is 0. The van der Waals surface area contributed by atoms with E-state index in [9.17, 15) is 4.79 Å². The van der Waals surface area contributed by atoms with Crippen molar-refractivity contribution < 1.29 is 4.79 Å². The van der Waals surface area contributed by atoms with Gasteiger partial charge in [0.15, 0.2) is 0 Å². The lowest BCUT2D eigenvalue weighted by molar-refractivity contribution is -0.130. The molecule has 0 saturated carbocycles. The minimum Gasteiger partial charge on any atom is -0.341 e. The molecule has 0 aliphatic carbocycles. The van der Waals surface area contributed by atoms with E-state index in [1.807, 2.05) is 28.8 Å². The predicted octanol–water partition coefficient (Wildman–Crippen LogP) is 4.28. The quantitative estimate of drug-likeness (QED) is 0.750. The van der Waals surface area contributed by atoms with Crippen LogP contribution in [0.4, 0.5) is 0 Å². The average Bonchev–Trinajstić information content (AvgIpc) is 2.46. The van der Waals surface area contributed by atoms with Gasteiger partial charge in [-0.05, 0) is 37.0 Å². The summed E-state index contributed by atoms with van der Waals surface area (Å²) in [6, 6.07) is 5.60. The number of thioether (sulfide) groups is 1. The predicted molar refractivity (Wildman–Crippen MR) is 87.9 cm³/mol. The molecule has 20 heavy (non-hydrogen) atoms. The van der Waals surface area contributed by atoms with Crippen LogP contribution in [0.25, 0.3) is 0 Å². The van der Waals surface area contributed by atoms with E-state index in [2.05, 4.69) is 0 Å². The molecule has 1 aromatic rings. The zero-order valence-electron chi connectivity index (χ0n) is 11.4. The fourth-order valence-corrected chi connectivity index (χ4v) is 3.69. The molecule has 110 valence electrons. The number of amides is 1. The number of halogens is 2. The van der Waals surface area contributed by atoms with Crippen LogP contribution in [-0.2, 0) is 11.2 Å². The molecule has 0 radical (unpaired) electrons. The maximum Gasteiger partial charge on any atom is 0.222 e. The van der Waals surface area contributed by atoms with E-state index < -0.39 is 0 Å². The fraction of sp³-hybridized carbons (Fsp3) is 0.533. The van der Waals surface area contributed by atoms with Crippen LogP contribution in [0.1, 0.15) is 24.8 Å². The van der Waals surface area contributed by atoms with Crippen molar-refractivity contribution in [1.29, 1.82) is 0 Å². The van der Waals surface area contributed by atoms with E-state index in [0.29, 0.717) is 17.4 Å². The van der Waals surface area contributed by atoms with Gasteiger partial charge < -0.3 is 4.90 Å². The second-order valence-corrected chi connectivity index (χ2v) is 7.00. The molecule has 1 saturated heterocycles. The van der Waals surface area contributed by atoms with Crippen molar-refractivity contribution in [3.63, 3.8) is 0 Å². The molecule has 0 bridgehead atoms. The Labute approximate surface area is 134 Å². The molecule has 2 nitrogen and oxygen atoms in total. The first kappa shape index (κ1) is 16.0. The summed E-state index contributed by atoms with van der Waals surface area (Å²) in [4.78, 5) is 14.0. The Hall–Kier alpha value is -0.380. The summed E-state index contributed by atoms with van der Waals surface area (Å²) in [6.45, 7) is 1.82. The molecule has 0 spiro atoms. The topological polar surface area (TPSA) is 20.3 Å². The van der Waals surface area contributed by atoms with Crippen molar-refractivity contribution in [3.05, 3.63) is 33.8 Å². The number of unbranched alkanes of at least 4 members (excludes halogenated alkanes) is 1. The number of nitrogens with zero attached hydrogens (tertiary/aromatic N) is 1. The summed E-state index contributed by atoms with van der Waals surface area (Å²) in [5.74, 6) is 2.45. The maximum absolute atomic E-state index is 12.0. The van der Waals surface area contributed by atoms with Gasteiger partial charge in [0.2, 0.25) is 5.91 Å². The molecule has 0 unspecified atom stereocenters. The summed E-state index contributed by atoms with van der Waals surface area (Å²) in [5.41, 5.74) is 1.11. The molecule has 1 fully saturated rings. The van der Waals surface area contributed by atoms with E-state index in [1.54, 1.807) is 6.07 Å². The highest BCUT2D eigenvalue weighted by Gasteiger charge is 2.15. The second-order valence-electron chi connectivity index (χ2n) is 4.94. The molecule has 2 rings (SSSR count).